The lowest BCUT2D eigenvalue weighted by molar-refractivity contribution is -0.140. The van der Waals surface area contributed by atoms with Gasteiger partial charge < -0.3 is 10.4 Å². The van der Waals surface area contributed by atoms with E-state index in [1.54, 1.807) is 0 Å². The number of rotatable bonds is 4. The molecule has 2 aliphatic rings. The first-order valence-electron chi connectivity index (χ1n) is 5.80. The minimum absolute atomic E-state index is 0.0708. The van der Waals surface area contributed by atoms with Crippen LogP contribution in [0, 0.1) is 11.8 Å². The molecule has 1 saturated heterocycles. The predicted molar refractivity (Wildman–Crippen MR) is 62.3 cm³/mol. The van der Waals surface area contributed by atoms with Crippen LogP contribution in [0.1, 0.15) is 25.7 Å². The van der Waals surface area contributed by atoms with Gasteiger partial charge in [0.1, 0.15) is 0 Å². The highest BCUT2D eigenvalue weighted by molar-refractivity contribution is 7.99. The summed E-state index contributed by atoms with van der Waals surface area (Å²) in [5, 5.41) is 12.1. The van der Waals surface area contributed by atoms with Gasteiger partial charge >= 0.3 is 5.97 Å². The smallest absolute Gasteiger partial charge is 0.307 e. The molecule has 2 N–H and O–H groups in total. The molecular formula is C11H17NO3S. The highest BCUT2D eigenvalue weighted by Gasteiger charge is 2.48. The van der Waals surface area contributed by atoms with Crippen molar-refractivity contribution < 1.29 is 14.7 Å². The summed E-state index contributed by atoms with van der Waals surface area (Å²) in [6.07, 6.45) is 4.20. The Kier molecular flexibility index (Phi) is 3.74. The molecule has 0 spiro atoms. The molecule has 0 bridgehead atoms. The van der Waals surface area contributed by atoms with Gasteiger partial charge in [-0.3, -0.25) is 9.59 Å². The van der Waals surface area contributed by atoms with E-state index in [-0.39, 0.29) is 11.8 Å². The Morgan fingerprint density at radius 3 is 2.69 bits per heavy atom. The third-order valence-corrected chi connectivity index (χ3v) is 4.62. The van der Waals surface area contributed by atoms with E-state index in [0.717, 1.165) is 6.42 Å². The number of thioether (sulfide) groups is 1. The standard InChI is InChI=1S/C11H17NO3S/c13-10(8-5-9(8)11(14)15)12-6-7-3-1-2-4-16-7/h7-9H,1-6H2,(H,12,13)(H,14,15)/t7?,8-,9+/m1/s1. The van der Waals surface area contributed by atoms with E-state index in [2.05, 4.69) is 5.32 Å². The van der Waals surface area contributed by atoms with Crippen LogP contribution >= 0.6 is 11.8 Å². The first-order valence-corrected chi connectivity index (χ1v) is 6.85. The average Bonchev–Trinajstić information content (AvgIpc) is 3.07. The SMILES string of the molecule is O=C(O)[C@H]1C[C@H]1C(=O)NCC1CCCCS1. The third kappa shape index (κ3) is 2.90. The van der Waals surface area contributed by atoms with E-state index in [9.17, 15) is 9.59 Å². The van der Waals surface area contributed by atoms with Crippen LogP contribution in [-0.2, 0) is 9.59 Å². The number of nitrogens with one attached hydrogen (secondary N) is 1. The normalized spacial score (nSPS) is 33.1. The summed E-state index contributed by atoms with van der Waals surface area (Å²) >= 11 is 1.91. The largest absolute Gasteiger partial charge is 0.481 e. The fraction of sp³-hybridized carbons (Fsp3) is 0.818. The number of carbonyl (C=O) groups excluding carboxylic acids is 1. The van der Waals surface area contributed by atoms with Gasteiger partial charge in [0.2, 0.25) is 5.91 Å². The molecular weight excluding hydrogens is 226 g/mol. The number of carbonyl (C=O) groups is 2. The van der Waals surface area contributed by atoms with Crippen molar-refractivity contribution >= 4 is 23.6 Å². The second kappa shape index (κ2) is 5.08. The fourth-order valence-corrected chi connectivity index (χ4v) is 3.31. The Balaban J connectivity index is 1.66. The molecule has 1 aliphatic carbocycles. The van der Waals surface area contributed by atoms with Crippen molar-refractivity contribution in [2.45, 2.75) is 30.9 Å². The lowest BCUT2D eigenvalue weighted by atomic mass is 10.2. The number of carboxylic acids is 1. The Hall–Kier alpha value is -0.710. The van der Waals surface area contributed by atoms with E-state index in [1.807, 2.05) is 11.8 Å². The van der Waals surface area contributed by atoms with E-state index >= 15 is 0 Å². The lowest BCUT2D eigenvalue weighted by Gasteiger charge is -2.21. The van der Waals surface area contributed by atoms with Crippen molar-refractivity contribution in [3.63, 3.8) is 0 Å². The highest BCUT2D eigenvalue weighted by Crippen LogP contribution is 2.38. The van der Waals surface area contributed by atoms with Crippen molar-refractivity contribution in [1.29, 1.82) is 0 Å². The van der Waals surface area contributed by atoms with Crippen LogP contribution in [0.4, 0.5) is 0 Å². The predicted octanol–water partition coefficient (Wildman–Crippen LogP) is 1.11. The number of hydrogen-bond acceptors (Lipinski definition) is 3. The molecule has 90 valence electrons. The van der Waals surface area contributed by atoms with Crippen molar-refractivity contribution in [2.24, 2.45) is 11.8 Å². The van der Waals surface area contributed by atoms with Gasteiger partial charge in [-0.25, -0.2) is 0 Å². The first kappa shape index (κ1) is 11.8. The molecule has 2 fully saturated rings. The van der Waals surface area contributed by atoms with Gasteiger partial charge in [-0.15, -0.1) is 0 Å². The second-order valence-electron chi connectivity index (χ2n) is 4.52. The zero-order chi connectivity index (χ0) is 11.5. The molecule has 4 nitrogen and oxygen atoms in total. The van der Waals surface area contributed by atoms with Gasteiger partial charge in [-0.05, 0) is 25.0 Å². The van der Waals surface area contributed by atoms with Crippen LogP contribution < -0.4 is 5.32 Å². The molecule has 1 saturated carbocycles. The van der Waals surface area contributed by atoms with Gasteiger partial charge in [0.25, 0.3) is 0 Å². The summed E-state index contributed by atoms with van der Waals surface area (Å²) in [5.74, 6) is -0.433. The highest BCUT2D eigenvalue weighted by atomic mass is 32.2. The quantitative estimate of drug-likeness (QED) is 0.776. The summed E-state index contributed by atoms with van der Waals surface area (Å²) in [4.78, 5) is 22.2. The van der Waals surface area contributed by atoms with E-state index < -0.39 is 11.9 Å². The maximum absolute atomic E-state index is 11.6. The lowest BCUT2D eigenvalue weighted by Crippen LogP contribution is -2.33. The minimum atomic E-state index is -0.841. The summed E-state index contributed by atoms with van der Waals surface area (Å²) in [7, 11) is 0. The second-order valence-corrected chi connectivity index (χ2v) is 5.93. The molecule has 1 aliphatic heterocycles. The molecule has 0 aromatic carbocycles. The maximum atomic E-state index is 11.6. The van der Waals surface area contributed by atoms with E-state index in [1.165, 1.54) is 18.6 Å². The Labute approximate surface area is 99.2 Å². The van der Waals surface area contributed by atoms with Crippen LogP contribution in [0.5, 0.6) is 0 Å². The van der Waals surface area contributed by atoms with Gasteiger partial charge in [0.05, 0.1) is 11.8 Å². The average molecular weight is 243 g/mol. The van der Waals surface area contributed by atoms with Crippen molar-refractivity contribution in [1.82, 2.24) is 5.32 Å². The molecule has 0 aromatic rings. The van der Waals surface area contributed by atoms with Gasteiger partial charge in [0.15, 0.2) is 0 Å². The summed E-state index contributed by atoms with van der Waals surface area (Å²) in [6.45, 7) is 0.701. The number of carboxylic acid groups (broad SMARTS) is 1. The van der Waals surface area contributed by atoms with Crippen LogP contribution in [0.25, 0.3) is 0 Å². The van der Waals surface area contributed by atoms with Gasteiger partial charge in [0, 0.05) is 11.8 Å². The monoisotopic (exact) mass is 243 g/mol. The maximum Gasteiger partial charge on any atom is 0.307 e. The summed E-state index contributed by atoms with van der Waals surface area (Å²) < 4.78 is 0. The molecule has 0 radical (unpaired) electrons. The molecule has 2 rings (SSSR count). The minimum Gasteiger partial charge on any atom is -0.481 e. The zero-order valence-corrected chi connectivity index (χ0v) is 9.96. The number of hydrogen-bond donors (Lipinski definition) is 2. The van der Waals surface area contributed by atoms with Crippen LogP contribution in [0.2, 0.25) is 0 Å². The fourth-order valence-electron chi connectivity index (χ4n) is 2.07. The van der Waals surface area contributed by atoms with Crippen molar-refractivity contribution in [3.05, 3.63) is 0 Å². The molecule has 1 heterocycles. The number of aliphatic carboxylic acids is 1. The van der Waals surface area contributed by atoms with Crippen molar-refractivity contribution in [2.75, 3.05) is 12.3 Å². The van der Waals surface area contributed by atoms with Crippen LogP contribution in [0.3, 0.4) is 0 Å². The molecule has 0 aromatic heterocycles. The topological polar surface area (TPSA) is 66.4 Å². The number of amides is 1. The molecule has 16 heavy (non-hydrogen) atoms. The summed E-state index contributed by atoms with van der Waals surface area (Å²) in [5.41, 5.74) is 0. The van der Waals surface area contributed by atoms with E-state index in [4.69, 9.17) is 5.11 Å². The van der Waals surface area contributed by atoms with Crippen LogP contribution in [-0.4, -0.2) is 34.5 Å². The molecule has 3 atom stereocenters. The third-order valence-electron chi connectivity index (χ3n) is 3.22. The molecule has 1 unspecified atom stereocenters. The summed E-state index contributed by atoms with van der Waals surface area (Å²) in [6, 6.07) is 0. The Morgan fingerprint density at radius 2 is 2.12 bits per heavy atom. The molecule has 1 amide bonds. The van der Waals surface area contributed by atoms with E-state index in [0.29, 0.717) is 18.2 Å². The van der Waals surface area contributed by atoms with Crippen molar-refractivity contribution in [3.8, 4) is 0 Å². The van der Waals surface area contributed by atoms with Crippen LogP contribution in [0.15, 0.2) is 0 Å². The Bertz CT molecular complexity index is 289. The zero-order valence-electron chi connectivity index (χ0n) is 9.15. The van der Waals surface area contributed by atoms with Gasteiger partial charge in [-0.2, -0.15) is 11.8 Å². The molecule has 5 heteroatoms. The first-order chi connectivity index (χ1) is 7.68. The van der Waals surface area contributed by atoms with Gasteiger partial charge in [-0.1, -0.05) is 6.42 Å². The Morgan fingerprint density at radius 1 is 1.31 bits per heavy atom.